The maximum absolute atomic E-state index is 12.4. The maximum Gasteiger partial charge on any atom is 0.216 e. The van der Waals surface area contributed by atoms with Crippen molar-refractivity contribution in [3.63, 3.8) is 0 Å². The van der Waals surface area contributed by atoms with Crippen LogP contribution in [-0.4, -0.2) is 12.1 Å². The SMILES string of the molecule is COc1cc(F)ncc1NN. The van der Waals surface area contributed by atoms with E-state index in [4.69, 9.17) is 10.6 Å². The Hall–Kier alpha value is -1.36. The molecule has 0 bridgehead atoms. The van der Waals surface area contributed by atoms with E-state index in [1.54, 1.807) is 0 Å². The van der Waals surface area contributed by atoms with Gasteiger partial charge in [0.15, 0.2) is 0 Å². The van der Waals surface area contributed by atoms with Crippen molar-refractivity contribution >= 4 is 5.69 Å². The zero-order valence-corrected chi connectivity index (χ0v) is 5.97. The van der Waals surface area contributed by atoms with E-state index in [0.717, 1.165) is 6.07 Å². The normalized spacial score (nSPS) is 9.36. The van der Waals surface area contributed by atoms with Crippen LogP contribution < -0.4 is 16.0 Å². The summed E-state index contributed by atoms with van der Waals surface area (Å²) in [5.41, 5.74) is 2.77. The molecule has 0 aliphatic heterocycles. The van der Waals surface area contributed by atoms with E-state index >= 15 is 0 Å². The minimum Gasteiger partial charge on any atom is -0.494 e. The number of methoxy groups -OCH3 is 1. The number of nitrogens with one attached hydrogen (secondary N) is 1. The fourth-order valence-corrected chi connectivity index (χ4v) is 0.690. The van der Waals surface area contributed by atoms with E-state index in [0.29, 0.717) is 11.4 Å². The van der Waals surface area contributed by atoms with Crippen molar-refractivity contribution in [1.29, 1.82) is 0 Å². The molecule has 0 atom stereocenters. The van der Waals surface area contributed by atoms with E-state index in [9.17, 15) is 4.39 Å². The van der Waals surface area contributed by atoms with E-state index in [2.05, 4.69) is 10.4 Å². The second-order valence-electron chi connectivity index (χ2n) is 1.85. The monoisotopic (exact) mass is 157 g/mol. The van der Waals surface area contributed by atoms with Crippen molar-refractivity contribution in [3.05, 3.63) is 18.2 Å². The van der Waals surface area contributed by atoms with Crippen LogP contribution >= 0.6 is 0 Å². The van der Waals surface area contributed by atoms with E-state index in [1.165, 1.54) is 13.3 Å². The molecule has 11 heavy (non-hydrogen) atoms. The maximum atomic E-state index is 12.4. The van der Waals surface area contributed by atoms with Crippen molar-refractivity contribution in [2.45, 2.75) is 0 Å². The number of aromatic nitrogens is 1. The number of anilines is 1. The molecule has 1 heterocycles. The quantitative estimate of drug-likeness (QED) is 0.373. The van der Waals surface area contributed by atoms with Gasteiger partial charge in [0.25, 0.3) is 0 Å². The number of rotatable bonds is 2. The largest absolute Gasteiger partial charge is 0.494 e. The lowest BCUT2D eigenvalue weighted by atomic mass is 10.4. The van der Waals surface area contributed by atoms with Crippen LogP contribution in [0.15, 0.2) is 12.3 Å². The van der Waals surface area contributed by atoms with Crippen LogP contribution in [0.25, 0.3) is 0 Å². The third-order valence-corrected chi connectivity index (χ3v) is 1.21. The number of halogens is 1. The molecule has 0 spiro atoms. The lowest BCUT2D eigenvalue weighted by molar-refractivity contribution is 0.411. The van der Waals surface area contributed by atoms with Crippen molar-refractivity contribution in [2.75, 3.05) is 12.5 Å². The van der Waals surface area contributed by atoms with Gasteiger partial charge in [-0.3, -0.25) is 5.84 Å². The Morgan fingerprint density at radius 2 is 2.45 bits per heavy atom. The third-order valence-electron chi connectivity index (χ3n) is 1.21. The Bertz CT molecular complexity index is 254. The average molecular weight is 157 g/mol. The van der Waals surface area contributed by atoms with Crippen LogP contribution in [0.4, 0.5) is 10.1 Å². The smallest absolute Gasteiger partial charge is 0.216 e. The van der Waals surface area contributed by atoms with Gasteiger partial charge in [-0.25, -0.2) is 4.98 Å². The minimum absolute atomic E-state index is 0.333. The van der Waals surface area contributed by atoms with Gasteiger partial charge in [0.05, 0.1) is 13.3 Å². The average Bonchev–Trinajstić information content (AvgIpc) is 2.04. The summed E-state index contributed by atoms with van der Waals surface area (Å²) in [5.74, 6) is 4.82. The summed E-state index contributed by atoms with van der Waals surface area (Å²) in [6, 6.07) is 1.15. The van der Waals surface area contributed by atoms with Crippen molar-refractivity contribution in [1.82, 2.24) is 4.98 Å². The molecule has 5 heteroatoms. The number of nitrogens with two attached hydrogens (primary N) is 1. The number of pyridine rings is 1. The zero-order chi connectivity index (χ0) is 8.27. The molecule has 0 saturated carbocycles. The van der Waals surface area contributed by atoms with Gasteiger partial charge in [-0.1, -0.05) is 0 Å². The van der Waals surface area contributed by atoms with Gasteiger partial charge >= 0.3 is 0 Å². The first-order valence-corrected chi connectivity index (χ1v) is 2.94. The summed E-state index contributed by atoms with van der Waals surface area (Å²) in [6.07, 6.45) is 1.26. The first kappa shape index (κ1) is 7.74. The third kappa shape index (κ3) is 1.56. The number of nitrogen functional groups attached to an aromatic ring is 1. The fourth-order valence-electron chi connectivity index (χ4n) is 0.690. The minimum atomic E-state index is -0.596. The molecular weight excluding hydrogens is 149 g/mol. The Balaban J connectivity index is 3.06. The van der Waals surface area contributed by atoms with Crippen LogP contribution in [0.2, 0.25) is 0 Å². The summed E-state index contributed by atoms with van der Waals surface area (Å²) in [4.78, 5) is 3.37. The van der Waals surface area contributed by atoms with Gasteiger partial charge in [-0.15, -0.1) is 0 Å². The Kier molecular flexibility index (Phi) is 2.22. The van der Waals surface area contributed by atoms with Gasteiger partial charge in [0.1, 0.15) is 11.4 Å². The molecule has 4 nitrogen and oxygen atoms in total. The highest BCUT2D eigenvalue weighted by atomic mass is 19.1. The molecule has 1 rings (SSSR count). The summed E-state index contributed by atoms with van der Waals surface area (Å²) < 4.78 is 17.2. The molecule has 0 aromatic carbocycles. The van der Waals surface area contributed by atoms with Gasteiger partial charge < -0.3 is 10.2 Å². The Morgan fingerprint density at radius 3 is 3.00 bits per heavy atom. The van der Waals surface area contributed by atoms with Crippen LogP contribution in [0, 0.1) is 5.95 Å². The Labute approximate surface area is 63.2 Å². The van der Waals surface area contributed by atoms with E-state index < -0.39 is 5.95 Å². The lowest BCUT2D eigenvalue weighted by Gasteiger charge is -2.05. The molecule has 0 aliphatic rings. The zero-order valence-electron chi connectivity index (χ0n) is 5.97. The van der Waals surface area contributed by atoms with Gasteiger partial charge in [0, 0.05) is 6.07 Å². The number of nitrogens with zero attached hydrogens (tertiary/aromatic N) is 1. The highest BCUT2D eigenvalue weighted by Gasteiger charge is 2.02. The van der Waals surface area contributed by atoms with Crippen molar-refractivity contribution in [3.8, 4) is 5.75 Å². The van der Waals surface area contributed by atoms with Crippen LogP contribution in [0.5, 0.6) is 5.75 Å². The molecular formula is C6H8FN3O. The molecule has 3 N–H and O–H groups in total. The number of ether oxygens (including phenoxy) is 1. The van der Waals surface area contributed by atoms with E-state index in [1.807, 2.05) is 0 Å². The molecule has 0 unspecified atom stereocenters. The first-order chi connectivity index (χ1) is 5.27. The molecule has 60 valence electrons. The summed E-state index contributed by atoms with van der Waals surface area (Å²) in [5, 5.41) is 0. The van der Waals surface area contributed by atoms with E-state index in [-0.39, 0.29) is 0 Å². The molecule has 0 amide bonds. The molecule has 0 radical (unpaired) electrons. The number of hydrogen-bond acceptors (Lipinski definition) is 4. The summed E-state index contributed by atoms with van der Waals surface area (Å²) >= 11 is 0. The molecule has 1 aromatic heterocycles. The second kappa shape index (κ2) is 3.16. The van der Waals surface area contributed by atoms with Crippen LogP contribution in [0.3, 0.4) is 0 Å². The molecule has 1 aromatic rings. The molecule has 0 fully saturated rings. The van der Waals surface area contributed by atoms with Crippen LogP contribution in [-0.2, 0) is 0 Å². The molecule has 0 saturated heterocycles. The van der Waals surface area contributed by atoms with Crippen molar-refractivity contribution in [2.24, 2.45) is 5.84 Å². The second-order valence-corrected chi connectivity index (χ2v) is 1.85. The topological polar surface area (TPSA) is 60.2 Å². The fraction of sp³-hybridized carbons (Fsp3) is 0.167. The van der Waals surface area contributed by atoms with Gasteiger partial charge in [-0.2, -0.15) is 4.39 Å². The summed E-state index contributed by atoms with van der Waals surface area (Å²) in [6.45, 7) is 0. The predicted molar refractivity (Wildman–Crippen MR) is 38.6 cm³/mol. The van der Waals surface area contributed by atoms with Crippen LogP contribution in [0.1, 0.15) is 0 Å². The molecule has 0 aliphatic carbocycles. The first-order valence-electron chi connectivity index (χ1n) is 2.94. The van der Waals surface area contributed by atoms with Gasteiger partial charge in [0.2, 0.25) is 5.95 Å². The lowest BCUT2D eigenvalue weighted by Crippen LogP contribution is -2.08. The highest BCUT2D eigenvalue weighted by Crippen LogP contribution is 2.21. The Morgan fingerprint density at radius 1 is 1.73 bits per heavy atom. The number of hydrazine groups is 1. The number of hydrogen-bond donors (Lipinski definition) is 2. The predicted octanol–water partition coefficient (Wildman–Crippen LogP) is 0.515. The standard InChI is InChI=1S/C6H8FN3O/c1-11-5-2-6(7)9-3-4(5)10-8/h2-3,10H,8H2,1H3. The highest BCUT2D eigenvalue weighted by molar-refractivity contribution is 5.53. The van der Waals surface area contributed by atoms with Gasteiger partial charge in [-0.05, 0) is 0 Å². The van der Waals surface area contributed by atoms with Crippen molar-refractivity contribution < 1.29 is 9.13 Å². The summed E-state index contributed by atoms with van der Waals surface area (Å²) in [7, 11) is 1.43.